The lowest BCUT2D eigenvalue weighted by Crippen LogP contribution is -2.15. The number of hydrogen-bond acceptors (Lipinski definition) is 2. The molecule has 1 aliphatic carbocycles. The van der Waals surface area contributed by atoms with Crippen LogP contribution in [0.5, 0.6) is 0 Å². The van der Waals surface area contributed by atoms with Gasteiger partial charge in [-0.15, -0.1) is 0 Å². The number of aliphatic hydroxyl groups excluding tert-OH is 1. The molecule has 3 nitrogen and oxygen atoms in total. The van der Waals surface area contributed by atoms with E-state index in [0.29, 0.717) is 6.42 Å². The zero-order valence-corrected chi connectivity index (χ0v) is 11.4. The first kappa shape index (κ1) is 12.9. The average Bonchev–Trinajstić information content (AvgIpc) is 3.06. The molecule has 1 unspecified atom stereocenters. The third-order valence-electron chi connectivity index (χ3n) is 3.43. The Hall–Kier alpha value is -0.540. The van der Waals surface area contributed by atoms with Gasteiger partial charge in [0.1, 0.15) is 0 Å². The highest BCUT2D eigenvalue weighted by Crippen LogP contribution is 2.34. The molecule has 1 heterocycles. The minimum atomic E-state index is -0.272. The van der Waals surface area contributed by atoms with Crippen molar-refractivity contribution in [1.29, 1.82) is 0 Å². The maximum absolute atomic E-state index is 10.0. The Labute approximate surface area is 108 Å². The van der Waals surface area contributed by atoms with Crippen molar-refractivity contribution in [3.05, 3.63) is 16.4 Å². The van der Waals surface area contributed by atoms with Gasteiger partial charge < -0.3 is 5.11 Å². The van der Waals surface area contributed by atoms with E-state index in [1.807, 2.05) is 4.68 Å². The van der Waals surface area contributed by atoms with Gasteiger partial charge in [-0.1, -0.05) is 31.4 Å². The standard InChI is InChI=1S/C13H21ClN2O/c1-3-11-13(14)12(16(4-2)15-11)8-10(17)7-9-5-6-9/h9-10,17H,3-8H2,1-2H3. The number of aryl methyl sites for hydroxylation is 2. The van der Waals surface area contributed by atoms with Crippen molar-refractivity contribution in [2.75, 3.05) is 0 Å². The fraction of sp³-hybridized carbons (Fsp3) is 0.769. The Morgan fingerprint density at radius 1 is 1.47 bits per heavy atom. The van der Waals surface area contributed by atoms with Crippen molar-refractivity contribution in [1.82, 2.24) is 9.78 Å². The van der Waals surface area contributed by atoms with E-state index in [2.05, 4.69) is 18.9 Å². The predicted octanol–water partition coefficient (Wildman–Crippen LogP) is 2.82. The van der Waals surface area contributed by atoms with Crippen LogP contribution in [0, 0.1) is 5.92 Å². The van der Waals surface area contributed by atoms with Gasteiger partial charge in [-0.05, 0) is 25.7 Å². The lowest BCUT2D eigenvalue weighted by molar-refractivity contribution is 0.155. The van der Waals surface area contributed by atoms with E-state index in [1.54, 1.807) is 0 Å². The molecule has 1 aliphatic rings. The quantitative estimate of drug-likeness (QED) is 0.850. The second kappa shape index (κ2) is 5.40. The van der Waals surface area contributed by atoms with E-state index in [1.165, 1.54) is 12.8 Å². The summed E-state index contributed by atoms with van der Waals surface area (Å²) in [6, 6.07) is 0. The highest BCUT2D eigenvalue weighted by atomic mass is 35.5. The molecule has 0 radical (unpaired) electrons. The van der Waals surface area contributed by atoms with Gasteiger partial charge in [0.15, 0.2) is 0 Å². The fourth-order valence-electron chi connectivity index (χ4n) is 2.26. The topological polar surface area (TPSA) is 38.0 Å². The lowest BCUT2D eigenvalue weighted by atomic mass is 10.1. The van der Waals surface area contributed by atoms with E-state index >= 15 is 0 Å². The van der Waals surface area contributed by atoms with Gasteiger partial charge in [0.05, 0.1) is 22.5 Å². The first-order chi connectivity index (χ1) is 8.15. The van der Waals surface area contributed by atoms with Crippen LogP contribution < -0.4 is 0 Å². The number of hydrogen-bond donors (Lipinski definition) is 1. The molecule has 17 heavy (non-hydrogen) atoms. The van der Waals surface area contributed by atoms with Crippen LogP contribution in [0.2, 0.25) is 5.02 Å². The normalized spacial score (nSPS) is 17.4. The first-order valence-corrected chi connectivity index (χ1v) is 6.95. The number of aromatic nitrogens is 2. The summed E-state index contributed by atoms with van der Waals surface area (Å²) in [6.07, 6.45) is 4.67. The molecular formula is C13H21ClN2O. The molecule has 1 N–H and O–H groups in total. The zero-order valence-electron chi connectivity index (χ0n) is 10.6. The summed E-state index contributed by atoms with van der Waals surface area (Å²) < 4.78 is 1.93. The van der Waals surface area contributed by atoms with E-state index in [0.717, 1.165) is 41.7 Å². The van der Waals surface area contributed by atoms with Crippen LogP contribution in [0.25, 0.3) is 0 Å². The molecule has 0 bridgehead atoms. The zero-order chi connectivity index (χ0) is 12.4. The van der Waals surface area contributed by atoms with Crippen LogP contribution in [0.4, 0.5) is 0 Å². The minimum Gasteiger partial charge on any atom is -0.393 e. The highest BCUT2D eigenvalue weighted by Gasteiger charge is 2.26. The van der Waals surface area contributed by atoms with Gasteiger partial charge in [0, 0.05) is 13.0 Å². The molecule has 1 aromatic rings. The summed E-state index contributed by atoms with van der Waals surface area (Å²) in [5, 5.41) is 15.3. The van der Waals surface area contributed by atoms with Gasteiger partial charge in [-0.2, -0.15) is 5.10 Å². The summed E-state index contributed by atoms with van der Waals surface area (Å²) in [5.41, 5.74) is 1.95. The third kappa shape index (κ3) is 3.02. The summed E-state index contributed by atoms with van der Waals surface area (Å²) in [4.78, 5) is 0. The van der Waals surface area contributed by atoms with Crippen LogP contribution in [-0.2, 0) is 19.4 Å². The van der Waals surface area contributed by atoms with Gasteiger partial charge in [0.25, 0.3) is 0 Å². The molecule has 96 valence electrons. The van der Waals surface area contributed by atoms with Crippen molar-refractivity contribution < 1.29 is 5.11 Å². The van der Waals surface area contributed by atoms with E-state index in [4.69, 9.17) is 11.6 Å². The molecule has 0 aromatic carbocycles. The molecule has 2 rings (SSSR count). The van der Waals surface area contributed by atoms with Gasteiger partial charge in [0.2, 0.25) is 0 Å². The molecule has 0 aliphatic heterocycles. The maximum atomic E-state index is 10.0. The smallest absolute Gasteiger partial charge is 0.0850 e. The third-order valence-corrected chi connectivity index (χ3v) is 3.86. The number of rotatable bonds is 6. The van der Waals surface area contributed by atoms with Gasteiger partial charge >= 0.3 is 0 Å². The Kier molecular flexibility index (Phi) is 4.10. The summed E-state index contributed by atoms with van der Waals surface area (Å²) in [7, 11) is 0. The monoisotopic (exact) mass is 256 g/mol. The molecular weight excluding hydrogens is 236 g/mol. The lowest BCUT2D eigenvalue weighted by Gasteiger charge is -2.11. The largest absolute Gasteiger partial charge is 0.393 e. The number of nitrogens with zero attached hydrogens (tertiary/aromatic N) is 2. The molecule has 0 amide bonds. The second-order valence-electron chi connectivity index (χ2n) is 4.91. The van der Waals surface area contributed by atoms with E-state index in [9.17, 15) is 5.11 Å². The predicted molar refractivity (Wildman–Crippen MR) is 69.3 cm³/mol. The van der Waals surface area contributed by atoms with Crippen molar-refractivity contribution >= 4 is 11.6 Å². The number of aliphatic hydroxyl groups is 1. The van der Waals surface area contributed by atoms with Crippen molar-refractivity contribution in [3.63, 3.8) is 0 Å². The van der Waals surface area contributed by atoms with Crippen LogP contribution in [0.15, 0.2) is 0 Å². The van der Waals surface area contributed by atoms with Crippen LogP contribution in [-0.4, -0.2) is 21.0 Å². The van der Waals surface area contributed by atoms with E-state index < -0.39 is 0 Å². The summed E-state index contributed by atoms with van der Waals surface area (Å²) in [6.45, 7) is 4.92. The minimum absolute atomic E-state index is 0.272. The highest BCUT2D eigenvalue weighted by molar-refractivity contribution is 6.31. The molecule has 1 aromatic heterocycles. The Morgan fingerprint density at radius 3 is 2.71 bits per heavy atom. The van der Waals surface area contributed by atoms with E-state index in [-0.39, 0.29) is 6.10 Å². The molecule has 1 atom stereocenters. The molecule has 0 spiro atoms. The van der Waals surface area contributed by atoms with Crippen LogP contribution in [0.1, 0.15) is 44.5 Å². The van der Waals surface area contributed by atoms with Crippen molar-refractivity contribution in [2.24, 2.45) is 5.92 Å². The maximum Gasteiger partial charge on any atom is 0.0850 e. The fourth-order valence-corrected chi connectivity index (χ4v) is 2.60. The SMILES string of the molecule is CCc1nn(CC)c(CC(O)CC2CC2)c1Cl. The Bertz CT molecular complexity index is 385. The molecule has 1 fully saturated rings. The summed E-state index contributed by atoms with van der Waals surface area (Å²) in [5.74, 6) is 0.743. The van der Waals surface area contributed by atoms with Gasteiger partial charge in [-0.25, -0.2) is 0 Å². The number of halogens is 1. The second-order valence-corrected chi connectivity index (χ2v) is 5.29. The molecule has 4 heteroatoms. The van der Waals surface area contributed by atoms with Crippen LogP contribution >= 0.6 is 11.6 Å². The molecule has 1 saturated carbocycles. The molecule has 0 saturated heterocycles. The summed E-state index contributed by atoms with van der Waals surface area (Å²) >= 11 is 6.31. The Balaban J connectivity index is 2.09. The van der Waals surface area contributed by atoms with Crippen molar-refractivity contribution in [3.8, 4) is 0 Å². The average molecular weight is 257 g/mol. The van der Waals surface area contributed by atoms with Crippen LogP contribution in [0.3, 0.4) is 0 Å². The van der Waals surface area contributed by atoms with Gasteiger partial charge in [-0.3, -0.25) is 4.68 Å². The Morgan fingerprint density at radius 2 is 2.18 bits per heavy atom. The first-order valence-electron chi connectivity index (χ1n) is 6.57. The van der Waals surface area contributed by atoms with Crippen molar-refractivity contribution in [2.45, 2.75) is 58.6 Å².